The second kappa shape index (κ2) is 4.34. The van der Waals surface area contributed by atoms with E-state index in [9.17, 15) is 0 Å². The molecule has 15 heavy (non-hydrogen) atoms. The van der Waals surface area contributed by atoms with Crippen LogP contribution in [-0.2, 0) is 0 Å². The van der Waals surface area contributed by atoms with E-state index in [0.29, 0.717) is 11.9 Å². The van der Waals surface area contributed by atoms with Crippen LogP contribution in [-0.4, -0.2) is 19.0 Å². The molecule has 0 spiro atoms. The summed E-state index contributed by atoms with van der Waals surface area (Å²) in [4.78, 5) is 4.46. The number of methoxy groups -OCH3 is 1. The first kappa shape index (κ1) is 10.0. The molecular formula is C12H16N2O. The number of rotatable bonds is 3. The Bertz CT molecular complexity index is 352. The Balaban J connectivity index is 2.10. The lowest BCUT2D eigenvalue weighted by Crippen LogP contribution is -2.22. The first-order chi connectivity index (χ1) is 7.29. The van der Waals surface area contributed by atoms with Gasteiger partial charge in [-0.3, -0.25) is 4.99 Å². The van der Waals surface area contributed by atoms with E-state index in [1.807, 2.05) is 24.3 Å². The number of hydrogen-bond acceptors (Lipinski definition) is 2. The number of nitrogens with zero attached hydrogens (tertiary/aromatic N) is 1. The zero-order valence-electron chi connectivity index (χ0n) is 8.94. The van der Waals surface area contributed by atoms with Gasteiger partial charge in [0.2, 0.25) is 0 Å². The lowest BCUT2D eigenvalue weighted by atomic mass is 9.94. The van der Waals surface area contributed by atoms with Crippen LogP contribution in [0, 0.1) is 0 Å². The molecule has 1 aliphatic rings. The Labute approximate surface area is 90.0 Å². The summed E-state index contributed by atoms with van der Waals surface area (Å²) in [6, 6.07) is 8.14. The standard InChI is InChI=1S/C12H16N2O/c1-15-11-7-5-9(6-8-11)12(13)14-10-3-2-4-10/h5-8,10H,2-4H2,1H3,(H2,13,14). The lowest BCUT2D eigenvalue weighted by Gasteiger charge is -2.21. The van der Waals surface area contributed by atoms with Gasteiger partial charge < -0.3 is 10.5 Å². The van der Waals surface area contributed by atoms with Crippen LogP contribution in [0.4, 0.5) is 0 Å². The average Bonchev–Trinajstić information content (AvgIpc) is 2.23. The van der Waals surface area contributed by atoms with Crippen LogP contribution in [0.15, 0.2) is 29.3 Å². The zero-order chi connectivity index (χ0) is 10.7. The molecule has 1 aromatic rings. The van der Waals surface area contributed by atoms with Crippen molar-refractivity contribution in [2.24, 2.45) is 10.7 Å². The number of hydrogen-bond donors (Lipinski definition) is 1. The molecule has 1 aromatic carbocycles. The van der Waals surface area contributed by atoms with Crippen LogP contribution in [0.5, 0.6) is 5.75 Å². The lowest BCUT2D eigenvalue weighted by molar-refractivity contribution is 0.414. The van der Waals surface area contributed by atoms with Gasteiger partial charge in [0.05, 0.1) is 13.2 Å². The van der Waals surface area contributed by atoms with Crippen LogP contribution in [0.1, 0.15) is 24.8 Å². The van der Waals surface area contributed by atoms with Gasteiger partial charge in [0, 0.05) is 5.56 Å². The minimum absolute atomic E-state index is 0.451. The van der Waals surface area contributed by atoms with E-state index in [0.717, 1.165) is 11.3 Å². The summed E-state index contributed by atoms with van der Waals surface area (Å²) < 4.78 is 5.08. The molecular weight excluding hydrogens is 188 g/mol. The molecule has 3 heteroatoms. The van der Waals surface area contributed by atoms with Crippen molar-refractivity contribution in [3.63, 3.8) is 0 Å². The number of nitrogens with two attached hydrogens (primary N) is 1. The normalized spacial score (nSPS) is 17.3. The third-order valence-electron chi connectivity index (χ3n) is 2.78. The molecule has 0 radical (unpaired) electrons. The highest BCUT2D eigenvalue weighted by Gasteiger charge is 2.16. The van der Waals surface area contributed by atoms with E-state index in [4.69, 9.17) is 10.5 Å². The smallest absolute Gasteiger partial charge is 0.125 e. The van der Waals surface area contributed by atoms with Crippen LogP contribution in [0.2, 0.25) is 0 Å². The first-order valence-corrected chi connectivity index (χ1v) is 5.27. The summed E-state index contributed by atoms with van der Waals surface area (Å²) in [5.74, 6) is 1.48. The van der Waals surface area contributed by atoms with Gasteiger partial charge in [-0.05, 0) is 43.5 Å². The third-order valence-corrected chi connectivity index (χ3v) is 2.78. The third kappa shape index (κ3) is 2.29. The molecule has 0 unspecified atom stereocenters. The fourth-order valence-corrected chi connectivity index (χ4v) is 1.55. The second-order valence-corrected chi connectivity index (χ2v) is 3.83. The van der Waals surface area contributed by atoms with Crippen LogP contribution in [0.3, 0.4) is 0 Å². The summed E-state index contributed by atoms with van der Waals surface area (Å²) in [6.45, 7) is 0. The van der Waals surface area contributed by atoms with Gasteiger partial charge in [-0.1, -0.05) is 0 Å². The molecule has 2 rings (SSSR count). The molecule has 1 aliphatic carbocycles. The highest BCUT2D eigenvalue weighted by Crippen LogP contribution is 2.22. The fraction of sp³-hybridized carbons (Fsp3) is 0.417. The van der Waals surface area contributed by atoms with E-state index in [1.165, 1.54) is 19.3 Å². The summed E-state index contributed by atoms with van der Waals surface area (Å²) in [7, 11) is 1.65. The van der Waals surface area contributed by atoms with Crippen molar-refractivity contribution in [2.75, 3.05) is 7.11 Å². The van der Waals surface area contributed by atoms with E-state index < -0.39 is 0 Å². The Morgan fingerprint density at radius 2 is 2.00 bits per heavy atom. The average molecular weight is 204 g/mol. The summed E-state index contributed by atoms with van der Waals surface area (Å²) >= 11 is 0. The minimum atomic E-state index is 0.451. The summed E-state index contributed by atoms with van der Waals surface area (Å²) in [5.41, 5.74) is 6.88. The summed E-state index contributed by atoms with van der Waals surface area (Å²) in [5, 5.41) is 0. The Morgan fingerprint density at radius 3 is 2.47 bits per heavy atom. The van der Waals surface area contributed by atoms with Crippen LogP contribution >= 0.6 is 0 Å². The van der Waals surface area contributed by atoms with E-state index in [1.54, 1.807) is 7.11 Å². The van der Waals surface area contributed by atoms with Crippen molar-refractivity contribution >= 4 is 5.84 Å². The number of ether oxygens (including phenoxy) is 1. The zero-order valence-corrected chi connectivity index (χ0v) is 8.94. The van der Waals surface area contributed by atoms with Gasteiger partial charge in [-0.25, -0.2) is 0 Å². The first-order valence-electron chi connectivity index (χ1n) is 5.27. The minimum Gasteiger partial charge on any atom is -0.497 e. The van der Waals surface area contributed by atoms with Gasteiger partial charge in [0.1, 0.15) is 11.6 Å². The number of aliphatic imine (C=N–C) groups is 1. The predicted octanol–water partition coefficient (Wildman–Crippen LogP) is 1.95. The molecule has 1 fully saturated rings. The largest absolute Gasteiger partial charge is 0.497 e. The number of benzene rings is 1. The summed E-state index contributed by atoms with van der Waals surface area (Å²) in [6.07, 6.45) is 3.64. The van der Waals surface area contributed by atoms with Crippen molar-refractivity contribution in [3.05, 3.63) is 29.8 Å². The SMILES string of the molecule is COc1ccc(C(N)=NC2CCC2)cc1. The van der Waals surface area contributed by atoms with Crippen molar-refractivity contribution < 1.29 is 4.74 Å². The predicted molar refractivity (Wildman–Crippen MR) is 61.4 cm³/mol. The molecule has 80 valence electrons. The van der Waals surface area contributed by atoms with Gasteiger partial charge in [-0.15, -0.1) is 0 Å². The van der Waals surface area contributed by atoms with Gasteiger partial charge in [0.15, 0.2) is 0 Å². The maximum atomic E-state index is 5.91. The maximum absolute atomic E-state index is 5.91. The molecule has 0 saturated heterocycles. The topological polar surface area (TPSA) is 47.6 Å². The van der Waals surface area contributed by atoms with E-state index in [-0.39, 0.29) is 0 Å². The van der Waals surface area contributed by atoms with Crippen molar-refractivity contribution in [1.82, 2.24) is 0 Å². The van der Waals surface area contributed by atoms with Crippen molar-refractivity contribution in [2.45, 2.75) is 25.3 Å². The maximum Gasteiger partial charge on any atom is 0.125 e. The monoisotopic (exact) mass is 204 g/mol. The molecule has 0 atom stereocenters. The highest BCUT2D eigenvalue weighted by atomic mass is 16.5. The molecule has 1 saturated carbocycles. The van der Waals surface area contributed by atoms with E-state index >= 15 is 0 Å². The highest BCUT2D eigenvalue weighted by molar-refractivity contribution is 5.97. The quantitative estimate of drug-likeness (QED) is 0.604. The van der Waals surface area contributed by atoms with Gasteiger partial charge in [-0.2, -0.15) is 0 Å². The van der Waals surface area contributed by atoms with Crippen LogP contribution in [0.25, 0.3) is 0 Å². The van der Waals surface area contributed by atoms with E-state index in [2.05, 4.69) is 4.99 Å². The van der Waals surface area contributed by atoms with Gasteiger partial charge >= 0.3 is 0 Å². The molecule has 0 amide bonds. The van der Waals surface area contributed by atoms with Gasteiger partial charge in [0.25, 0.3) is 0 Å². The Morgan fingerprint density at radius 1 is 1.33 bits per heavy atom. The molecule has 0 heterocycles. The van der Waals surface area contributed by atoms with Crippen molar-refractivity contribution in [3.8, 4) is 5.75 Å². The number of amidine groups is 1. The second-order valence-electron chi connectivity index (χ2n) is 3.83. The Hall–Kier alpha value is -1.51. The molecule has 2 N–H and O–H groups in total. The fourth-order valence-electron chi connectivity index (χ4n) is 1.55. The molecule has 0 aromatic heterocycles. The van der Waals surface area contributed by atoms with Crippen LogP contribution < -0.4 is 10.5 Å². The van der Waals surface area contributed by atoms with Crippen molar-refractivity contribution in [1.29, 1.82) is 0 Å². The molecule has 3 nitrogen and oxygen atoms in total. The molecule has 0 bridgehead atoms. The molecule has 0 aliphatic heterocycles. The Kier molecular flexibility index (Phi) is 2.90.